The van der Waals surface area contributed by atoms with Crippen LogP contribution in [-0.4, -0.2) is 40.5 Å². The molecule has 2 aromatic rings. The normalized spacial score (nSPS) is 10.8. The second-order valence-electron chi connectivity index (χ2n) is 5.36. The van der Waals surface area contributed by atoms with Gasteiger partial charge in [0.1, 0.15) is 4.90 Å². The summed E-state index contributed by atoms with van der Waals surface area (Å²) in [5, 5.41) is 0.0402. The Hall–Kier alpha value is -3.11. The summed E-state index contributed by atoms with van der Waals surface area (Å²) >= 11 is 5.85. The zero-order valence-corrected chi connectivity index (χ0v) is 16.3. The fraction of sp³-hybridized carbons (Fsp3) is 0.118. The first kappa shape index (κ1) is 21.2. The van der Waals surface area contributed by atoms with E-state index in [-0.39, 0.29) is 27.4 Å². The van der Waals surface area contributed by atoms with E-state index in [1.165, 1.54) is 18.2 Å². The molecule has 28 heavy (non-hydrogen) atoms. The number of amides is 1. The Bertz CT molecular complexity index is 1070. The highest BCUT2D eigenvalue weighted by Crippen LogP contribution is 2.25. The highest BCUT2D eigenvalue weighted by Gasteiger charge is 2.25. The number of primary amides is 1. The smallest absolute Gasteiger partial charge is 0.339 e. The van der Waals surface area contributed by atoms with E-state index >= 15 is 0 Å². The number of nitrogens with one attached hydrogen (secondary N) is 1. The molecule has 0 radical (unpaired) electrons. The predicted octanol–water partition coefficient (Wildman–Crippen LogP) is 1.81. The number of hydrogen-bond acceptors (Lipinski definition) is 7. The summed E-state index contributed by atoms with van der Waals surface area (Å²) in [5.41, 5.74) is 4.67. The lowest BCUT2D eigenvalue weighted by molar-refractivity contribution is 0.0583. The summed E-state index contributed by atoms with van der Waals surface area (Å²) < 4.78 is 37.1. The number of benzene rings is 2. The van der Waals surface area contributed by atoms with Gasteiger partial charge in [0.05, 0.1) is 35.9 Å². The number of carbonyl (C=O) groups excluding carboxylic acids is 3. The molecule has 148 valence electrons. The van der Waals surface area contributed by atoms with E-state index in [0.717, 1.165) is 32.4 Å². The molecular formula is C17H15ClN2O7S. The molecule has 0 bridgehead atoms. The van der Waals surface area contributed by atoms with Crippen molar-refractivity contribution in [3.8, 4) is 0 Å². The van der Waals surface area contributed by atoms with E-state index in [2.05, 4.69) is 14.2 Å². The van der Waals surface area contributed by atoms with Gasteiger partial charge in [0.15, 0.2) is 0 Å². The van der Waals surface area contributed by atoms with Gasteiger partial charge in [0.2, 0.25) is 5.91 Å². The number of anilines is 1. The first-order valence-corrected chi connectivity index (χ1v) is 9.39. The Morgan fingerprint density at radius 1 is 0.964 bits per heavy atom. The molecule has 9 nitrogen and oxygen atoms in total. The van der Waals surface area contributed by atoms with Crippen molar-refractivity contribution >= 4 is 45.2 Å². The molecule has 1 amide bonds. The van der Waals surface area contributed by atoms with E-state index in [1.54, 1.807) is 0 Å². The third-order valence-electron chi connectivity index (χ3n) is 3.58. The Labute approximate surface area is 165 Å². The van der Waals surface area contributed by atoms with E-state index in [1.807, 2.05) is 0 Å². The van der Waals surface area contributed by atoms with Crippen LogP contribution in [0.2, 0.25) is 5.02 Å². The van der Waals surface area contributed by atoms with E-state index in [9.17, 15) is 22.8 Å². The number of esters is 2. The molecule has 0 aliphatic rings. The summed E-state index contributed by atoms with van der Waals surface area (Å²) in [4.78, 5) is 34.6. The van der Waals surface area contributed by atoms with Gasteiger partial charge in [-0.05, 0) is 36.4 Å². The van der Waals surface area contributed by atoms with Crippen molar-refractivity contribution in [3.63, 3.8) is 0 Å². The number of nitrogens with two attached hydrogens (primary N) is 1. The highest BCUT2D eigenvalue weighted by atomic mass is 35.5. The van der Waals surface area contributed by atoms with Gasteiger partial charge in [-0.25, -0.2) is 18.0 Å². The van der Waals surface area contributed by atoms with Gasteiger partial charge in [-0.2, -0.15) is 0 Å². The molecule has 0 atom stereocenters. The Balaban J connectivity index is 2.57. The van der Waals surface area contributed by atoms with Gasteiger partial charge in [-0.3, -0.25) is 9.52 Å². The number of rotatable bonds is 6. The molecule has 2 aromatic carbocycles. The van der Waals surface area contributed by atoms with Crippen molar-refractivity contribution in [1.82, 2.24) is 0 Å². The van der Waals surface area contributed by atoms with Crippen LogP contribution in [0, 0.1) is 0 Å². The maximum atomic E-state index is 12.9. The van der Waals surface area contributed by atoms with Crippen molar-refractivity contribution in [3.05, 3.63) is 58.1 Å². The number of carbonyl (C=O) groups is 3. The summed E-state index contributed by atoms with van der Waals surface area (Å²) in [5.74, 6) is -2.57. The zero-order chi connectivity index (χ0) is 21.1. The Morgan fingerprint density at radius 2 is 1.61 bits per heavy atom. The third kappa shape index (κ3) is 4.41. The molecule has 0 heterocycles. The molecule has 0 saturated carbocycles. The fourth-order valence-corrected chi connectivity index (χ4v) is 3.74. The average molecular weight is 427 g/mol. The lowest BCUT2D eigenvalue weighted by Crippen LogP contribution is -2.19. The van der Waals surface area contributed by atoms with Crippen LogP contribution in [0.15, 0.2) is 41.3 Å². The van der Waals surface area contributed by atoms with Crippen LogP contribution < -0.4 is 10.5 Å². The summed E-state index contributed by atoms with van der Waals surface area (Å²) in [6.45, 7) is 0. The van der Waals surface area contributed by atoms with Gasteiger partial charge in [0, 0.05) is 5.69 Å². The maximum Gasteiger partial charge on any atom is 0.339 e. The summed E-state index contributed by atoms with van der Waals surface area (Å²) in [6.07, 6.45) is 0. The van der Waals surface area contributed by atoms with Gasteiger partial charge in [-0.1, -0.05) is 11.6 Å². The van der Waals surface area contributed by atoms with Gasteiger partial charge in [-0.15, -0.1) is 0 Å². The van der Waals surface area contributed by atoms with Crippen molar-refractivity contribution in [2.45, 2.75) is 4.90 Å². The molecule has 0 unspecified atom stereocenters. The van der Waals surface area contributed by atoms with E-state index in [4.69, 9.17) is 17.3 Å². The molecular weight excluding hydrogens is 412 g/mol. The fourth-order valence-electron chi connectivity index (χ4n) is 2.26. The molecule has 0 spiro atoms. The Morgan fingerprint density at radius 3 is 2.18 bits per heavy atom. The van der Waals surface area contributed by atoms with Crippen LogP contribution in [0.3, 0.4) is 0 Å². The number of halogens is 1. The van der Waals surface area contributed by atoms with Crippen molar-refractivity contribution in [2.24, 2.45) is 5.73 Å². The van der Waals surface area contributed by atoms with Crippen LogP contribution >= 0.6 is 11.6 Å². The molecule has 0 aliphatic heterocycles. The van der Waals surface area contributed by atoms with Crippen molar-refractivity contribution < 1.29 is 32.3 Å². The number of methoxy groups -OCH3 is 2. The second-order valence-corrected chi connectivity index (χ2v) is 7.42. The zero-order valence-electron chi connectivity index (χ0n) is 14.7. The number of hydrogen-bond donors (Lipinski definition) is 2. The third-order valence-corrected chi connectivity index (χ3v) is 5.33. The summed E-state index contributed by atoms with van der Waals surface area (Å²) in [6, 6.07) is 7.06. The lowest BCUT2D eigenvalue weighted by atomic mass is 10.1. The van der Waals surface area contributed by atoms with E-state index < -0.39 is 32.8 Å². The SMILES string of the molecule is COC(=O)c1ccc(C(=O)OC)c(S(=O)(=O)Nc2ccc(Cl)c(C(N)=O)c2)c1. The average Bonchev–Trinajstić information content (AvgIpc) is 2.67. The van der Waals surface area contributed by atoms with Crippen molar-refractivity contribution in [1.29, 1.82) is 0 Å². The molecule has 0 saturated heterocycles. The standard InChI is InChI=1S/C17H15ClN2O7S/c1-26-16(22)9-3-5-11(17(23)27-2)14(7-9)28(24,25)20-10-4-6-13(18)12(8-10)15(19)21/h3-8,20H,1-2H3,(H2,19,21). The van der Waals surface area contributed by atoms with Crippen LogP contribution in [0.5, 0.6) is 0 Å². The minimum Gasteiger partial charge on any atom is -0.465 e. The number of sulfonamides is 1. The first-order chi connectivity index (χ1) is 13.1. The summed E-state index contributed by atoms with van der Waals surface area (Å²) in [7, 11) is -2.16. The van der Waals surface area contributed by atoms with E-state index in [0.29, 0.717) is 0 Å². The lowest BCUT2D eigenvalue weighted by Gasteiger charge is -2.13. The predicted molar refractivity (Wildman–Crippen MR) is 99.9 cm³/mol. The molecule has 3 N–H and O–H groups in total. The minimum absolute atomic E-state index is 0.0301. The van der Waals surface area contributed by atoms with Gasteiger partial charge < -0.3 is 15.2 Å². The molecule has 0 fully saturated rings. The number of ether oxygens (including phenoxy) is 2. The van der Waals surface area contributed by atoms with Crippen LogP contribution in [0.1, 0.15) is 31.1 Å². The largest absolute Gasteiger partial charge is 0.465 e. The second kappa shape index (κ2) is 8.28. The minimum atomic E-state index is -4.37. The van der Waals surface area contributed by atoms with Gasteiger partial charge in [0.25, 0.3) is 10.0 Å². The molecule has 0 aliphatic carbocycles. The first-order valence-electron chi connectivity index (χ1n) is 7.53. The van der Waals surface area contributed by atoms with Crippen LogP contribution in [0.4, 0.5) is 5.69 Å². The molecule has 0 aromatic heterocycles. The van der Waals surface area contributed by atoms with Crippen molar-refractivity contribution in [2.75, 3.05) is 18.9 Å². The van der Waals surface area contributed by atoms with Crippen LogP contribution in [-0.2, 0) is 19.5 Å². The quantitative estimate of drug-likeness (QED) is 0.670. The Kier molecular flexibility index (Phi) is 6.26. The monoisotopic (exact) mass is 426 g/mol. The maximum absolute atomic E-state index is 12.9. The van der Waals surface area contributed by atoms with Crippen LogP contribution in [0.25, 0.3) is 0 Å². The highest BCUT2D eigenvalue weighted by molar-refractivity contribution is 7.92. The molecule has 11 heteroatoms. The topological polar surface area (TPSA) is 142 Å². The van der Waals surface area contributed by atoms with Gasteiger partial charge >= 0.3 is 11.9 Å². The molecule has 2 rings (SSSR count).